The number of carbonyl (C=O) groups is 1. The highest BCUT2D eigenvalue weighted by Crippen LogP contribution is 2.16. The van der Waals surface area contributed by atoms with Crippen molar-refractivity contribution in [1.29, 1.82) is 0 Å². The molecule has 0 fully saturated rings. The minimum Gasteiger partial charge on any atom is -0.331 e. The van der Waals surface area contributed by atoms with E-state index in [9.17, 15) is 9.18 Å². The molecule has 5 nitrogen and oxygen atoms in total. The van der Waals surface area contributed by atoms with Crippen LogP contribution in [0.4, 0.5) is 4.39 Å². The van der Waals surface area contributed by atoms with Crippen LogP contribution in [0, 0.1) is 5.82 Å². The van der Waals surface area contributed by atoms with Crippen molar-refractivity contribution in [3.05, 3.63) is 30.2 Å². The lowest BCUT2D eigenvalue weighted by molar-refractivity contribution is 0.112. The Hall–Kier alpha value is -2.11. The van der Waals surface area contributed by atoms with Gasteiger partial charge >= 0.3 is 0 Å². The average Bonchev–Trinajstić information content (AvgIpc) is 2.61. The largest absolute Gasteiger partial charge is 0.331 e. The zero-order valence-corrected chi connectivity index (χ0v) is 7.88. The Bertz CT molecular complexity index is 491. The molecule has 0 aromatic carbocycles. The lowest BCUT2D eigenvalue weighted by atomic mass is 10.3. The summed E-state index contributed by atoms with van der Waals surface area (Å²) in [6.07, 6.45) is 4.18. The summed E-state index contributed by atoms with van der Waals surface area (Å²) in [7, 11) is 1.71. The quantitative estimate of drug-likeness (QED) is 0.683. The predicted molar refractivity (Wildman–Crippen MR) is 49.6 cm³/mol. The van der Waals surface area contributed by atoms with E-state index >= 15 is 0 Å². The summed E-state index contributed by atoms with van der Waals surface area (Å²) in [6, 6.07) is 0. The standard InChI is InChI=1S/C9H7FN4O/c1-14-5-13-7(4-15)8(14)9-11-2-6(10)3-12-9/h2-5H,1H3. The van der Waals surface area contributed by atoms with E-state index in [4.69, 9.17) is 0 Å². The van der Waals surface area contributed by atoms with E-state index in [-0.39, 0.29) is 11.5 Å². The Morgan fingerprint density at radius 3 is 2.60 bits per heavy atom. The number of halogens is 1. The fourth-order valence-electron chi connectivity index (χ4n) is 1.24. The summed E-state index contributed by atoms with van der Waals surface area (Å²) in [6.45, 7) is 0. The summed E-state index contributed by atoms with van der Waals surface area (Å²) in [4.78, 5) is 22.1. The van der Waals surface area contributed by atoms with Crippen LogP contribution in [0.25, 0.3) is 11.5 Å². The van der Waals surface area contributed by atoms with Gasteiger partial charge in [-0.15, -0.1) is 0 Å². The number of aryl methyl sites for hydroxylation is 1. The number of aldehydes is 1. The minimum atomic E-state index is -0.520. The van der Waals surface area contributed by atoms with Gasteiger partial charge in [-0.3, -0.25) is 4.79 Å². The second kappa shape index (κ2) is 3.56. The molecule has 0 N–H and O–H groups in total. The van der Waals surface area contributed by atoms with Crippen molar-refractivity contribution in [2.45, 2.75) is 0 Å². The van der Waals surface area contributed by atoms with Crippen LogP contribution < -0.4 is 0 Å². The summed E-state index contributed by atoms with van der Waals surface area (Å²) >= 11 is 0. The van der Waals surface area contributed by atoms with E-state index in [1.807, 2.05) is 0 Å². The molecule has 2 aromatic heterocycles. The zero-order valence-electron chi connectivity index (χ0n) is 7.88. The third-order valence-electron chi connectivity index (χ3n) is 1.91. The minimum absolute atomic E-state index is 0.240. The van der Waals surface area contributed by atoms with Gasteiger partial charge in [0.05, 0.1) is 18.7 Å². The van der Waals surface area contributed by atoms with Crippen LogP contribution in [0.2, 0.25) is 0 Å². The number of hydrogen-bond donors (Lipinski definition) is 0. The van der Waals surface area contributed by atoms with Crippen molar-refractivity contribution < 1.29 is 9.18 Å². The highest BCUT2D eigenvalue weighted by Gasteiger charge is 2.12. The molecule has 0 saturated carbocycles. The molecule has 2 heterocycles. The molecule has 0 aliphatic heterocycles. The van der Waals surface area contributed by atoms with E-state index in [0.29, 0.717) is 12.0 Å². The number of imidazole rings is 1. The third-order valence-corrected chi connectivity index (χ3v) is 1.91. The van der Waals surface area contributed by atoms with Crippen LogP contribution in [0.5, 0.6) is 0 Å². The molecular formula is C9H7FN4O. The van der Waals surface area contributed by atoms with Crippen molar-refractivity contribution in [2.24, 2.45) is 7.05 Å². The van der Waals surface area contributed by atoms with Gasteiger partial charge in [-0.1, -0.05) is 0 Å². The zero-order chi connectivity index (χ0) is 10.8. The van der Waals surface area contributed by atoms with Gasteiger partial charge in [0, 0.05) is 7.05 Å². The van der Waals surface area contributed by atoms with E-state index in [0.717, 1.165) is 12.4 Å². The molecule has 0 amide bonds. The normalized spacial score (nSPS) is 10.3. The Morgan fingerprint density at radius 1 is 1.33 bits per heavy atom. The molecule has 0 spiro atoms. The lowest BCUT2D eigenvalue weighted by Crippen LogP contribution is -1.98. The number of rotatable bonds is 2. The SMILES string of the molecule is Cn1cnc(C=O)c1-c1ncc(F)cn1. The summed E-state index contributed by atoms with van der Waals surface area (Å²) in [5.41, 5.74) is 0.717. The van der Waals surface area contributed by atoms with Crippen LogP contribution in [-0.2, 0) is 7.05 Å². The molecule has 0 aliphatic carbocycles. The molecule has 15 heavy (non-hydrogen) atoms. The van der Waals surface area contributed by atoms with Gasteiger partial charge in [-0.2, -0.15) is 0 Å². The monoisotopic (exact) mass is 206 g/mol. The van der Waals surface area contributed by atoms with Crippen LogP contribution in [-0.4, -0.2) is 25.8 Å². The molecule has 0 radical (unpaired) electrons. The smallest absolute Gasteiger partial charge is 0.178 e. The fourth-order valence-corrected chi connectivity index (χ4v) is 1.24. The van der Waals surface area contributed by atoms with E-state index in [1.54, 1.807) is 11.6 Å². The highest BCUT2D eigenvalue weighted by atomic mass is 19.1. The van der Waals surface area contributed by atoms with Gasteiger partial charge < -0.3 is 4.57 Å². The molecule has 0 aliphatic rings. The van der Waals surface area contributed by atoms with Crippen LogP contribution >= 0.6 is 0 Å². The Labute approximate surface area is 84.6 Å². The number of nitrogens with zero attached hydrogens (tertiary/aromatic N) is 4. The number of carbonyl (C=O) groups excluding carboxylic acids is 1. The van der Waals surface area contributed by atoms with Crippen molar-refractivity contribution >= 4 is 6.29 Å². The van der Waals surface area contributed by atoms with Gasteiger partial charge in [0.15, 0.2) is 17.9 Å². The predicted octanol–water partition coefficient (Wildman–Crippen LogP) is 0.829. The molecule has 0 bridgehead atoms. The van der Waals surface area contributed by atoms with E-state index < -0.39 is 5.82 Å². The van der Waals surface area contributed by atoms with E-state index in [2.05, 4.69) is 15.0 Å². The Kier molecular flexibility index (Phi) is 2.24. The molecule has 76 valence electrons. The molecule has 0 unspecified atom stereocenters. The van der Waals surface area contributed by atoms with Gasteiger partial charge in [0.2, 0.25) is 0 Å². The summed E-state index contributed by atoms with van der Waals surface area (Å²) < 4.78 is 14.2. The Morgan fingerprint density at radius 2 is 2.00 bits per heavy atom. The topological polar surface area (TPSA) is 60.7 Å². The van der Waals surface area contributed by atoms with E-state index in [1.165, 1.54) is 6.33 Å². The lowest BCUT2D eigenvalue weighted by Gasteiger charge is -2.00. The van der Waals surface area contributed by atoms with Crippen molar-refractivity contribution in [3.8, 4) is 11.5 Å². The fraction of sp³-hybridized carbons (Fsp3) is 0.111. The molecule has 0 atom stereocenters. The molecule has 0 saturated heterocycles. The molecular weight excluding hydrogens is 199 g/mol. The van der Waals surface area contributed by atoms with Gasteiger partial charge in [0.25, 0.3) is 0 Å². The molecule has 6 heteroatoms. The van der Waals surface area contributed by atoms with Crippen LogP contribution in [0.3, 0.4) is 0 Å². The van der Waals surface area contributed by atoms with Crippen LogP contribution in [0.15, 0.2) is 18.7 Å². The number of hydrogen-bond acceptors (Lipinski definition) is 4. The molecule has 2 aromatic rings. The second-order valence-electron chi connectivity index (χ2n) is 2.93. The first-order valence-electron chi connectivity index (χ1n) is 4.17. The third kappa shape index (κ3) is 1.61. The van der Waals surface area contributed by atoms with Crippen molar-refractivity contribution in [3.63, 3.8) is 0 Å². The maximum absolute atomic E-state index is 12.6. The first kappa shape index (κ1) is 9.45. The van der Waals surface area contributed by atoms with Crippen molar-refractivity contribution in [1.82, 2.24) is 19.5 Å². The maximum atomic E-state index is 12.6. The van der Waals surface area contributed by atoms with Crippen LogP contribution in [0.1, 0.15) is 10.5 Å². The van der Waals surface area contributed by atoms with Gasteiger partial charge in [-0.25, -0.2) is 19.3 Å². The summed E-state index contributed by atoms with van der Waals surface area (Å²) in [5.74, 6) is -0.243. The first-order chi connectivity index (χ1) is 7.22. The second-order valence-corrected chi connectivity index (χ2v) is 2.93. The highest BCUT2D eigenvalue weighted by molar-refractivity contribution is 5.81. The average molecular weight is 206 g/mol. The van der Waals surface area contributed by atoms with Crippen molar-refractivity contribution in [2.75, 3.05) is 0 Å². The van der Waals surface area contributed by atoms with Gasteiger partial charge in [0.1, 0.15) is 11.4 Å². The number of aromatic nitrogens is 4. The Balaban J connectivity index is 2.57. The summed E-state index contributed by atoms with van der Waals surface area (Å²) in [5, 5.41) is 0. The first-order valence-corrected chi connectivity index (χ1v) is 4.17. The molecule has 2 rings (SSSR count). The van der Waals surface area contributed by atoms with Gasteiger partial charge in [-0.05, 0) is 0 Å². The maximum Gasteiger partial charge on any atom is 0.178 e.